The minimum absolute atomic E-state index is 0.212. The number of carbonyl (C=O) groups is 1. The van der Waals surface area contributed by atoms with Gasteiger partial charge >= 0.3 is 5.97 Å². The number of carboxylic acids is 1. The highest BCUT2D eigenvalue weighted by Crippen LogP contribution is 2.47. The first-order valence-electron chi connectivity index (χ1n) is 9.02. The van der Waals surface area contributed by atoms with E-state index in [9.17, 15) is 4.79 Å². The van der Waals surface area contributed by atoms with Crippen molar-refractivity contribution >= 4 is 27.6 Å². The van der Waals surface area contributed by atoms with Gasteiger partial charge in [0.25, 0.3) is 0 Å². The van der Waals surface area contributed by atoms with Gasteiger partial charge in [0.1, 0.15) is 0 Å². The molecule has 0 aromatic heterocycles. The van der Waals surface area contributed by atoms with Crippen LogP contribution in [0.25, 0.3) is 0 Å². The van der Waals surface area contributed by atoms with E-state index in [0.29, 0.717) is 0 Å². The maximum atomic E-state index is 10.9. The van der Waals surface area contributed by atoms with Gasteiger partial charge in [-0.2, -0.15) is 0 Å². The van der Waals surface area contributed by atoms with Crippen LogP contribution in [0.5, 0.6) is 0 Å². The van der Waals surface area contributed by atoms with Gasteiger partial charge in [0.15, 0.2) is 0 Å². The van der Waals surface area contributed by atoms with E-state index in [-0.39, 0.29) is 16.4 Å². The maximum absolute atomic E-state index is 10.9. The number of carboxylic acid groups (broad SMARTS) is 1. The van der Waals surface area contributed by atoms with Gasteiger partial charge in [0, 0.05) is 10.5 Å². The lowest BCUT2D eigenvalue weighted by atomic mass is 9.63. The molecule has 0 saturated heterocycles. The number of rotatable bonds is 3. The second-order valence-electron chi connectivity index (χ2n) is 8.25. The van der Waals surface area contributed by atoms with Crippen LogP contribution in [0.1, 0.15) is 67.6 Å². The van der Waals surface area contributed by atoms with Crippen molar-refractivity contribution in [2.75, 3.05) is 0 Å². The fourth-order valence-corrected chi connectivity index (χ4v) is 4.90. The molecule has 0 atom stereocenters. The zero-order valence-corrected chi connectivity index (χ0v) is 17.8. The molecule has 2 aromatic rings. The van der Waals surface area contributed by atoms with Crippen molar-refractivity contribution in [2.24, 2.45) is 0 Å². The van der Waals surface area contributed by atoms with E-state index in [1.54, 1.807) is 35.1 Å². The Kier molecular flexibility index (Phi) is 5.65. The third kappa shape index (κ3) is 4.54. The number of hydrogen-bond acceptors (Lipinski definition) is 3. The average Bonchev–Trinajstić information content (AvgIpc) is 2.63. The Morgan fingerprint density at radius 2 is 1.59 bits per heavy atom. The van der Waals surface area contributed by atoms with Crippen molar-refractivity contribution in [3.63, 3.8) is 0 Å². The highest BCUT2D eigenvalue weighted by atomic mass is 33.1. The molecule has 0 heterocycles. The molecule has 140 valence electrons. The fraction of sp³-hybridized carbons (Fsp3) is 0.348. The standard InChI is InChI=1S/C23H24O2S2/c1-22(2)12-13-23(3,4)20-15-18(9-10-19(20)22)27-26-14-11-16-5-7-17(8-6-16)21(24)25/h5-10,15H,12-13H2,1-4H3,(H,24,25). The zero-order valence-electron chi connectivity index (χ0n) is 16.1. The quantitative estimate of drug-likeness (QED) is 0.476. The first-order chi connectivity index (χ1) is 12.7. The van der Waals surface area contributed by atoms with Crippen LogP contribution in [-0.4, -0.2) is 11.1 Å². The Morgan fingerprint density at radius 1 is 0.963 bits per heavy atom. The highest BCUT2D eigenvalue weighted by molar-refractivity contribution is 8.78. The molecule has 4 heteroatoms. The van der Waals surface area contributed by atoms with Crippen molar-refractivity contribution in [3.05, 3.63) is 64.7 Å². The van der Waals surface area contributed by atoms with Crippen LogP contribution in [0, 0.1) is 11.2 Å². The first-order valence-corrected chi connectivity index (χ1v) is 11.2. The summed E-state index contributed by atoms with van der Waals surface area (Å²) in [4.78, 5) is 12.1. The highest BCUT2D eigenvalue weighted by Gasteiger charge is 2.36. The molecule has 0 unspecified atom stereocenters. The summed E-state index contributed by atoms with van der Waals surface area (Å²) < 4.78 is 0. The average molecular weight is 397 g/mol. The molecule has 0 amide bonds. The van der Waals surface area contributed by atoms with Crippen LogP contribution in [0.3, 0.4) is 0 Å². The van der Waals surface area contributed by atoms with Crippen molar-refractivity contribution in [2.45, 2.75) is 56.3 Å². The normalized spacial score (nSPS) is 16.7. The minimum atomic E-state index is -0.919. The molecule has 1 aliphatic carbocycles. The third-order valence-corrected chi connectivity index (χ3v) is 7.12. The monoisotopic (exact) mass is 396 g/mol. The smallest absolute Gasteiger partial charge is 0.335 e. The molecule has 3 rings (SSSR count). The Morgan fingerprint density at radius 3 is 2.22 bits per heavy atom. The second-order valence-corrected chi connectivity index (χ2v) is 10.3. The molecule has 2 nitrogen and oxygen atoms in total. The van der Waals surface area contributed by atoms with E-state index >= 15 is 0 Å². The van der Waals surface area contributed by atoms with Crippen molar-refractivity contribution in [1.82, 2.24) is 0 Å². The minimum Gasteiger partial charge on any atom is -0.478 e. The van der Waals surface area contributed by atoms with Gasteiger partial charge in [-0.05, 0) is 98.0 Å². The van der Waals surface area contributed by atoms with Crippen molar-refractivity contribution in [1.29, 1.82) is 0 Å². The molecule has 0 saturated carbocycles. The predicted octanol–water partition coefficient (Wildman–Crippen LogP) is 6.48. The van der Waals surface area contributed by atoms with Crippen LogP contribution in [0.4, 0.5) is 0 Å². The summed E-state index contributed by atoms with van der Waals surface area (Å²) in [6.45, 7) is 9.35. The lowest BCUT2D eigenvalue weighted by molar-refractivity contribution is 0.0697. The number of benzene rings is 2. The number of aromatic carboxylic acids is 1. The van der Waals surface area contributed by atoms with Gasteiger partial charge in [0.2, 0.25) is 0 Å². The molecule has 0 bridgehead atoms. The van der Waals surface area contributed by atoms with Gasteiger partial charge < -0.3 is 5.11 Å². The molecule has 0 aliphatic heterocycles. The lowest BCUT2D eigenvalue weighted by Gasteiger charge is -2.42. The zero-order chi connectivity index (χ0) is 19.7. The van der Waals surface area contributed by atoms with Crippen LogP contribution in [0.15, 0.2) is 47.4 Å². The molecular weight excluding hydrogens is 372 g/mol. The summed E-state index contributed by atoms with van der Waals surface area (Å²) >= 11 is 0. The predicted molar refractivity (Wildman–Crippen MR) is 115 cm³/mol. The molecular formula is C23H24O2S2. The fourth-order valence-electron chi connectivity index (χ4n) is 3.46. The Hall–Kier alpha value is -1.83. The van der Waals surface area contributed by atoms with Crippen LogP contribution < -0.4 is 0 Å². The van der Waals surface area contributed by atoms with Gasteiger partial charge in [-0.25, -0.2) is 4.79 Å². The van der Waals surface area contributed by atoms with E-state index in [1.807, 2.05) is 0 Å². The van der Waals surface area contributed by atoms with E-state index in [1.165, 1.54) is 39.7 Å². The number of fused-ring (bicyclic) bond motifs is 1. The van der Waals surface area contributed by atoms with Crippen LogP contribution in [-0.2, 0) is 10.8 Å². The third-order valence-electron chi connectivity index (χ3n) is 5.33. The van der Waals surface area contributed by atoms with Gasteiger partial charge in [-0.1, -0.05) is 39.7 Å². The van der Waals surface area contributed by atoms with Crippen LogP contribution >= 0.6 is 21.6 Å². The molecule has 1 N–H and O–H groups in total. The van der Waals surface area contributed by atoms with E-state index in [4.69, 9.17) is 5.11 Å². The number of hydrogen-bond donors (Lipinski definition) is 1. The molecule has 0 spiro atoms. The Balaban J connectivity index is 1.70. The molecule has 27 heavy (non-hydrogen) atoms. The summed E-state index contributed by atoms with van der Waals surface area (Å²) in [7, 11) is 3.17. The Labute approximate surface area is 169 Å². The topological polar surface area (TPSA) is 37.3 Å². The van der Waals surface area contributed by atoms with Gasteiger partial charge in [0.05, 0.1) is 5.56 Å². The molecule has 0 fully saturated rings. The Bertz CT molecular complexity index is 916. The van der Waals surface area contributed by atoms with Crippen molar-refractivity contribution < 1.29 is 9.90 Å². The van der Waals surface area contributed by atoms with Crippen molar-refractivity contribution in [3.8, 4) is 11.2 Å². The molecule has 2 aromatic carbocycles. The van der Waals surface area contributed by atoms with Gasteiger partial charge in [-0.3, -0.25) is 0 Å². The summed E-state index contributed by atoms with van der Waals surface area (Å²) in [6.07, 6.45) is 2.43. The molecule has 0 radical (unpaired) electrons. The largest absolute Gasteiger partial charge is 0.478 e. The van der Waals surface area contributed by atoms with Gasteiger partial charge in [-0.15, -0.1) is 0 Å². The summed E-state index contributed by atoms with van der Waals surface area (Å²) in [5, 5.41) is 12.0. The molecule has 1 aliphatic rings. The summed E-state index contributed by atoms with van der Waals surface area (Å²) in [5.41, 5.74) is 4.48. The summed E-state index contributed by atoms with van der Waals surface area (Å²) in [6, 6.07) is 13.5. The van der Waals surface area contributed by atoms with E-state index in [2.05, 4.69) is 57.1 Å². The lowest BCUT2D eigenvalue weighted by Crippen LogP contribution is -2.33. The van der Waals surface area contributed by atoms with Crippen LogP contribution in [0.2, 0.25) is 0 Å². The second kappa shape index (κ2) is 7.66. The van der Waals surface area contributed by atoms with E-state index in [0.717, 1.165) is 5.56 Å². The maximum Gasteiger partial charge on any atom is 0.335 e. The first kappa shape index (κ1) is 19.9. The van der Waals surface area contributed by atoms with E-state index < -0.39 is 5.97 Å². The summed E-state index contributed by atoms with van der Waals surface area (Å²) in [5.74, 6) is 2.15. The SMILES string of the molecule is CC1(C)CCC(C)(C)c2cc(SSC#Cc3ccc(C(=O)O)cc3)ccc21.